The number of nitrogens with two attached hydrogens (primary N) is 1. The van der Waals surface area contributed by atoms with Crippen LogP contribution in [0.25, 0.3) is 0 Å². The van der Waals surface area contributed by atoms with E-state index in [9.17, 15) is 4.39 Å². The lowest BCUT2D eigenvalue weighted by Crippen LogP contribution is -2.08. The van der Waals surface area contributed by atoms with Crippen molar-refractivity contribution in [2.45, 2.75) is 13.3 Å². The lowest BCUT2D eigenvalue weighted by Gasteiger charge is -2.08. The Morgan fingerprint density at radius 3 is 2.61 bits per heavy atom. The number of thioether (sulfide) groups is 1. The third-order valence-corrected chi connectivity index (χ3v) is 2.69. The van der Waals surface area contributed by atoms with Crippen molar-refractivity contribution in [2.24, 2.45) is 5.73 Å². The number of amidine groups is 1. The minimum atomic E-state index is -0.273. The van der Waals surface area contributed by atoms with E-state index < -0.39 is 0 Å². The molecule has 0 saturated heterocycles. The predicted octanol–water partition coefficient (Wildman–Crippen LogP) is 3.27. The van der Waals surface area contributed by atoms with Crippen LogP contribution in [0.1, 0.15) is 12.5 Å². The maximum Gasteiger partial charge on any atom is 0.158 e. The van der Waals surface area contributed by atoms with Crippen molar-refractivity contribution in [3.63, 3.8) is 0 Å². The third-order valence-electron chi connectivity index (χ3n) is 2.01. The molecule has 1 aromatic rings. The van der Waals surface area contributed by atoms with E-state index >= 15 is 0 Å². The van der Waals surface area contributed by atoms with Gasteiger partial charge in [-0.1, -0.05) is 24.8 Å². The Morgan fingerprint density at radius 1 is 1.44 bits per heavy atom. The van der Waals surface area contributed by atoms with Gasteiger partial charge in [0.25, 0.3) is 0 Å². The van der Waals surface area contributed by atoms with Crippen molar-refractivity contribution in [2.75, 3.05) is 17.6 Å². The molecule has 0 fully saturated rings. The van der Waals surface area contributed by atoms with Crippen LogP contribution in [0.5, 0.6) is 0 Å². The van der Waals surface area contributed by atoms with Gasteiger partial charge in [0, 0.05) is 5.69 Å². The van der Waals surface area contributed by atoms with Gasteiger partial charge in [-0.25, -0.2) is 4.39 Å². The highest BCUT2D eigenvalue weighted by Gasteiger charge is 2.04. The zero-order valence-corrected chi connectivity index (χ0v) is 12.5. The molecule has 104 valence electrons. The van der Waals surface area contributed by atoms with Gasteiger partial charge in [-0.2, -0.15) is 0 Å². The van der Waals surface area contributed by atoms with Gasteiger partial charge in [0.05, 0.1) is 0 Å². The molecule has 0 aliphatic carbocycles. The zero-order valence-electron chi connectivity index (χ0n) is 10.0. The van der Waals surface area contributed by atoms with Gasteiger partial charge in [0.15, 0.2) is 5.17 Å². The van der Waals surface area contributed by atoms with E-state index in [1.165, 1.54) is 17.8 Å². The first-order chi connectivity index (χ1) is 7.67. The number of halogens is 3. The highest BCUT2D eigenvalue weighted by molar-refractivity contribution is 8.14. The van der Waals surface area contributed by atoms with E-state index in [0.717, 1.165) is 5.75 Å². The average Bonchev–Trinajstić information content (AvgIpc) is 2.22. The second kappa shape index (κ2) is 10.4. The Labute approximate surface area is 123 Å². The fourth-order valence-corrected chi connectivity index (χ4v) is 1.77. The van der Waals surface area contributed by atoms with Gasteiger partial charge in [0.2, 0.25) is 0 Å². The molecule has 0 saturated carbocycles. The standard InChI is InChI=1S/C11H16FN3S.2ClH/c1-2-16-11(14)15-9-4-3-8(5-6-13)10(12)7-9;;/h3-4,7H,2,5-6,13H2,1H3,(H2,14,15);2*1H. The van der Waals surface area contributed by atoms with Gasteiger partial charge in [0.1, 0.15) is 5.82 Å². The molecule has 1 aromatic carbocycles. The topological polar surface area (TPSA) is 61.9 Å². The number of benzene rings is 1. The molecular weight excluding hydrogens is 296 g/mol. The van der Waals surface area contributed by atoms with Crippen molar-refractivity contribution >= 4 is 47.4 Å². The van der Waals surface area contributed by atoms with Crippen LogP contribution in [-0.2, 0) is 6.42 Å². The molecule has 0 heterocycles. The third kappa shape index (κ3) is 6.44. The Kier molecular flexibility index (Phi) is 11.5. The number of rotatable bonds is 4. The average molecular weight is 314 g/mol. The second-order valence-corrected chi connectivity index (χ2v) is 4.51. The smallest absolute Gasteiger partial charge is 0.158 e. The fourth-order valence-electron chi connectivity index (χ4n) is 1.29. The van der Waals surface area contributed by atoms with E-state index in [1.807, 2.05) is 6.92 Å². The number of nitrogens with one attached hydrogen (secondary N) is 2. The van der Waals surface area contributed by atoms with Crippen LogP contribution in [0.15, 0.2) is 18.2 Å². The first-order valence-corrected chi connectivity index (χ1v) is 6.12. The van der Waals surface area contributed by atoms with Gasteiger partial charge in [-0.05, 0) is 36.4 Å². The fraction of sp³-hybridized carbons (Fsp3) is 0.364. The minimum absolute atomic E-state index is 0. The summed E-state index contributed by atoms with van der Waals surface area (Å²) < 4.78 is 13.5. The first-order valence-electron chi connectivity index (χ1n) is 5.14. The molecule has 18 heavy (non-hydrogen) atoms. The molecule has 3 nitrogen and oxygen atoms in total. The van der Waals surface area contributed by atoms with Crippen LogP contribution in [0.4, 0.5) is 10.1 Å². The van der Waals surface area contributed by atoms with E-state index in [0.29, 0.717) is 29.4 Å². The highest BCUT2D eigenvalue weighted by atomic mass is 35.5. The summed E-state index contributed by atoms with van der Waals surface area (Å²) >= 11 is 1.38. The van der Waals surface area contributed by atoms with E-state index in [4.69, 9.17) is 11.1 Å². The molecule has 0 unspecified atom stereocenters. The molecule has 0 radical (unpaired) electrons. The van der Waals surface area contributed by atoms with Crippen LogP contribution >= 0.6 is 36.6 Å². The van der Waals surface area contributed by atoms with Crippen LogP contribution in [0.3, 0.4) is 0 Å². The molecule has 0 amide bonds. The molecular formula is C11H18Cl2FN3S. The van der Waals surface area contributed by atoms with Gasteiger partial charge in [-0.3, -0.25) is 5.41 Å². The van der Waals surface area contributed by atoms with Crippen molar-refractivity contribution in [1.29, 1.82) is 5.41 Å². The molecule has 0 aromatic heterocycles. The number of anilines is 1. The van der Waals surface area contributed by atoms with Crippen LogP contribution < -0.4 is 11.1 Å². The Hall–Kier alpha value is -0.490. The van der Waals surface area contributed by atoms with Crippen LogP contribution in [-0.4, -0.2) is 17.5 Å². The highest BCUT2D eigenvalue weighted by Crippen LogP contribution is 2.16. The van der Waals surface area contributed by atoms with E-state index in [1.54, 1.807) is 12.1 Å². The van der Waals surface area contributed by atoms with E-state index in [2.05, 4.69) is 5.32 Å². The molecule has 1 rings (SSSR count). The first kappa shape index (κ1) is 19.8. The van der Waals surface area contributed by atoms with Crippen LogP contribution in [0, 0.1) is 11.2 Å². The molecule has 0 atom stereocenters. The maximum absolute atomic E-state index is 13.5. The van der Waals surface area contributed by atoms with Gasteiger partial charge < -0.3 is 11.1 Å². The zero-order chi connectivity index (χ0) is 12.0. The minimum Gasteiger partial charge on any atom is -0.335 e. The monoisotopic (exact) mass is 313 g/mol. The molecule has 0 aliphatic heterocycles. The second-order valence-electron chi connectivity index (χ2n) is 3.23. The summed E-state index contributed by atoms with van der Waals surface area (Å²) in [5.41, 5.74) is 6.58. The van der Waals surface area contributed by atoms with Crippen LogP contribution in [0.2, 0.25) is 0 Å². The molecule has 7 heteroatoms. The summed E-state index contributed by atoms with van der Waals surface area (Å²) in [5.74, 6) is 0.546. The largest absolute Gasteiger partial charge is 0.335 e. The van der Waals surface area contributed by atoms with Crippen molar-refractivity contribution in [3.05, 3.63) is 29.6 Å². The SMILES string of the molecule is CCSC(=N)Nc1ccc(CCN)c(F)c1.Cl.Cl. The summed E-state index contributed by atoms with van der Waals surface area (Å²) in [4.78, 5) is 0. The van der Waals surface area contributed by atoms with E-state index in [-0.39, 0.29) is 30.6 Å². The molecule has 0 aliphatic rings. The number of hydrogen-bond acceptors (Lipinski definition) is 3. The van der Waals surface area contributed by atoms with Crippen molar-refractivity contribution in [1.82, 2.24) is 0 Å². The molecule has 0 spiro atoms. The molecule has 4 N–H and O–H groups in total. The van der Waals surface area contributed by atoms with Gasteiger partial charge >= 0.3 is 0 Å². The summed E-state index contributed by atoms with van der Waals surface area (Å²) in [6.07, 6.45) is 0.535. The predicted molar refractivity (Wildman–Crippen MR) is 83.1 cm³/mol. The Balaban J connectivity index is 0. The quantitative estimate of drug-likeness (QED) is 0.590. The Bertz CT molecular complexity index is 377. The van der Waals surface area contributed by atoms with Crippen molar-refractivity contribution < 1.29 is 4.39 Å². The normalized spacial score (nSPS) is 9.06. The van der Waals surface area contributed by atoms with Crippen molar-refractivity contribution in [3.8, 4) is 0 Å². The summed E-state index contributed by atoms with van der Waals surface area (Å²) in [5, 5.41) is 10.7. The summed E-state index contributed by atoms with van der Waals surface area (Å²) in [7, 11) is 0. The maximum atomic E-state index is 13.5. The lowest BCUT2D eigenvalue weighted by atomic mass is 10.1. The summed E-state index contributed by atoms with van der Waals surface area (Å²) in [6.45, 7) is 2.40. The lowest BCUT2D eigenvalue weighted by molar-refractivity contribution is 0.610. The van der Waals surface area contributed by atoms with Gasteiger partial charge in [-0.15, -0.1) is 24.8 Å². The number of hydrogen-bond donors (Lipinski definition) is 3. The summed E-state index contributed by atoms with van der Waals surface area (Å²) in [6, 6.07) is 4.86. The Morgan fingerprint density at radius 2 is 2.11 bits per heavy atom. The molecule has 0 bridgehead atoms.